The van der Waals surface area contributed by atoms with Crippen molar-refractivity contribution in [1.29, 1.82) is 0 Å². The second kappa shape index (κ2) is 5.12. The molecule has 1 aliphatic heterocycles. The molecule has 0 amide bonds. The second-order valence-electron chi connectivity index (χ2n) is 3.03. The minimum Gasteiger partial charge on any atom is -0.385 e. The smallest absolute Gasteiger partial charge is 0.0474 e. The van der Waals surface area contributed by atoms with Crippen LogP contribution < -0.4 is 0 Å². The molecule has 0 aromatic heterocycles. The lowest BCUT2D eigenvalue weighted by Crippen LogP contribution is -2.22. The summed E-state index contributed by atoms with van der Waals surface area (Å²) in [5, 5.41) is 0. The Labute approximate surface area is 77.0 Å². The lowest BCUT2D eigenvalue weighted by molar-refractivity contribution is 0.179. The molecule has 1 unspecified atom stereocenters. The fraction of sp³-hybridized carbons (Fsp3) is 1.00. The SMILES string of the molecule is COCCCN1CCC(Br)C1. The number of rotatable bonds is 4. The van der Waals surface area contributed by atoms with Crippen LogP contribution in [-0.2, 0) is 4.74 Å². The Hall–Kier alpha value is 0.400. The third-order valence-corrected chi connectivity index (χ3v) is 2.79. The summed E-state index contributed by atoms with van der Waals surface area (Å²) >= 11 is 3.61. The van der Waals surface area contributed by atoms with Crippen molar-refractivity contribution in [3.05, 3.63) is 0 Å². The number of halogens is 1. The molecule has 1 aliphatic rings. The molecule has 1 fully saturated rings. The van der Waals surface area contributed by atoms with E-state index in [-0.39, 0.29) is 0 Å². The molecule has 66 valence electrons. The lowest BCUT2D eigenvalue weighted by Gasteiger charge is -2.13. The maximum Gasteiger partial charge on any atom is 0.0474 e. The van der Waals surface area contributed by atoms with Crippen molar-refractivity contribution in [3.63, 3.8) is 0 Å². The van der Waals surface area contributed by atoms with Crippen molar-refractivity contribution >= 4 is 15.9 Å². The van der Waals surface area contributed by atoms with Crippen LogP contribution in [-0.4, -0.2) is 43.1 Å². The van der Waals surface area contributed by atoms with Gasteiger partial charge >= 0.3 is 0 Å². The average molecular weight is 222 g/mol. The summed E-state index contributed by atoms with van der Waals surface area (Å²) in [5.41, 5.74) is 0. The van der Waals surface area contributed by atoms with Gasteiger partial charge in [-0.1, -0.05) is 15.9 Å². The standard InChI is InChI=1S/C8H16BrNO/c1-11-6-2-4-10-5-3-8(9)7-10/h8H,2-7H2,1H3. The summed E-state index contributed by atoms with van der Waals surface area (Å²) in [4.78, 5) is 3.21. The molecule has 0 spiro atoms. The van der Waals surface area contributed by atoms with Crippen molar-refractivity contribution in [2.75, 3.05) is 33.4 Å². The van der Waals surface area contributed by atoms with Gasteiger partial charge in [0.05, 0.1) is 0 Å². The first kappa shape index (κ1) is 9.49. The molecule has 0 radical (unpaired) electrons. The summed E-state index contributed by atoms with van der Waals surface area (Å²) in [6.07, 6.45) is 2.46. The maximum atomic E-state index is 4.99. The summed E-state index contributed by atoms with van der Waals surface area (Å²) < 4.78 is 4.99. The van der Waals surface area contributed by atoms with Gasteiger partial charge in [0.2, 0.25) is 0 Å². The zero-order valence-electron chi connectivity index (χ0n) is 7.05. The van der Waals surface area contributed by atoms with Gasteiger partial charge < -0.3 is 9.64 Å². The molecule has 1 saturated heterocycles. The van der Waals surface area contributed by atoms with Gasteiger partial charge in [-0.2, -0.15) is 0 Å². The topological polar surface area (TPSA) is 12.5 Å². The summed E-state index contributed by atoms with van der Waals surface area (Å²) in [6, 6.07) is 0. The van der Waals surface area contributed by atoms with E-state index in [1.807, 2.05) is 0 Å². The third-order valence-electron chi connectivity index (χ3n) is 2.04. The molecule has 1 atom stereocenters. The number of methoxy groups -OCH3 is 1. The van der Waals surface area contributed by atoms with E-state index in [0.717, 1.165) is 17.9 Å². The van der Waals surface area contributed by atoms with Gasteiger partial charge in [-0.3, -0.25) is 0 Å². The number of ether oxygens (including phenoxy) is 1. The summed E-state index contributed by atoms with van der Waals surface area (Å²) in [5.74, 6) is 0. The zero-order valence-corrected chi connectivity index (χ0v) is 8.64. The number of likely N-dealkylation sites (tertiary alicyclic amines) is 1. The molecule has 0 N–H and O–H groups in total. The first-order chi connectivity index (χ1) is 5.33. The zero-order chi connectivity index (χ0) is 8.10. The van der Waals surface area contributed by atoms with Crippen molar-refractivity contribution in [3.8, 4) is 0 Å². The number of hydrogen-bond acceptors (Lipinski definition) is 2. The van der Waals surface area contributed by atoms with Crippen LogP contribution in [0.15, 0.2) is 0 Å². The Kier molecular flexibility index (Phi) is 4.41. The molecule has 0 saturated carbocycles. The molecule has 2 nitrogen and oxygen atoms in total. The number of nitrogens with zero attached hydrogens (tertiary/aromatic N) is 1. The van der Waals surface area contributed by atoms with Gasteiger partial charge in [0.25, 0.3) is 0 Å². The van der Waals surface area contributed by atoms with Crippen LogP contribution in [0.25, 0.3) is 0 Å². The maximum absolute atomic E-state index is 4.99. The van der Waals surface area contributed by atoms with Crippen LogP contribution >= 0.6 is 15.9 Å². The third kappa shape index (κ3) is 3.54. The van der Waals surface area contributed by atoms with Crippen LogP contribution in [0.3, 0.4) is 0 Å². The summed E-state index contributed by atoms with van der Waals surface area (Å²) in [6.45, 7) is 4.54. The fourth-order valence-corrected chi connectivity index (χ4v) is 2.04. The molecule has 11 heavy (non-hydrogen) atoms. The highest BCUT2D eigenvalue weighted by atomic mass is 79.9. The Bertz CT molecular complexity index is 110. The van der Waals surface area contributed by atoms with E-state index >= 15 is 0 Å². The lowest BCUT2D eigenvalue weighted by atomic mass is 10.4. The highest BCUT2D eigenvalue weighted by molar-refractivity contribution is 9.09. The van der Waals surface area contributed by atoms with Crippen LogP contribution in [0.1, 0.15) is 12.8 Å². The van der Waals surface area contributed by atoms with E-state index in [1.165, 1.54) is 26.1 Å². The van der Waals surface area contributed by atoms with E-state index in [0.29, 0.717) is 0 Å². The Morgan fingerprint density at radius 3 is 3.00 bits per heavy atom. The Morgan fingerprint density at radius 2 is 2.45 bits per heavy atom. The van der Waals surface area contributed by atoms with E-state index in [1.54, 1.807) is 7.11 Å². The van der Waals surface area contributed by atoms with Crippen molar-refractivity contribution in [2.24, 2.45) is 0 Å². The van der Waals surface area contributed by atoms with Crippen LogP contribution in [0, 0.1) is 0 Å². The molecule has 0 aromatic rings. The van der Waals surface area contributed by atoms with E-state index in [9.17, 15) is 0 Å². The highest BCUT2D eigenvalue weighted by Gasteiger charge is 2.18. The Balaban J connectivity index is 1.99. The first-order valence-corrected chi connectivity index (χ1v) is 5.10. The monoisotopic (exact) mass is 221 g/mol. The van der Waals surface area contributed by atoms with Gasteiger partial charge in [-0.15, -0.1) is 0 Å². The molecule has 1 rings (SSSR count). The predicted molar refractivity (Wildman–Crippen MR) is 50.3 cm³/mol. The molecular weight excluding hydrogens is 206 g/mol. The van der Waals surface area contributed by atoms with Crippen molar-refractivity contribution in [2.45, 2.75) is 17.7 Å². The quantitative estimate of drug-likeness (QED) is 0.527. The van der Waals surface area contributed by atoms with Crippen molar-refractivity contribution < 1.29 is 4.74 Å². The average Bonchev–Trinajstić information content (AvgIpc) is 2.37. The van der Waals surface area contributed by atoms with Crippen LogP contribution in [0.4, 0.5) is 0 Å². The van der Waals surface area contributed by atoms with Gasteiger partial charge in [-0.25, -0.2) is 0 Å². The number of alkyl halides is 1. The van der Waals surface area contributed by atoms with E-state index in [2.05, 4.69) is 20.8 Å². The second-order valence-corrected chi connectivity index (χ2v) is 4.33. The van der Waals surface area contributed by atoms with Crippen LogP contribution in [0.2, 0.25) is 0 Å². The van der Waals surface area contributed by atoms with E-state index in [4.69, 9.17) is 4.74 Å². The molecule has 0 bridgehead atoms. The minimum absolute atomic E-state index is 0.727. The minimum atomic E-state index is 0.727. The van der Waals surface area contributed by atoms with Gasteiger partial charge in [0.1, 0.15) is 0 Å². The molecule has 0 aromatic carbocycles. The van der Waals surface area contributed by atoms with Crippen LogP contribution in [0.5, 0.6) is 0 Å². The molecule has 1 heterocycles. The fourth-order valence-electron chi connectivity index (χ4n) is 1.42. The Morgan fingerprint density at radius 1 is 1.64 bits per heavy atom. The summed E-state index contributed by atoms with van der Waals surface area (Å²) in [7, 11) is 1.76. The first-order valence-electron chi connectivity index (χ1n) is 4.18. The van der Waals surface area contributed by atoms with Crippen molar-refractivity contribution in [1.82, 2.24) is 4.90 Å². The number of hydrogen-bond donors (Lipinski definition) is 0. The normalized spacial score (nSPS) is 26.2. The highest BCUT2D eigenvalue weighted by Crippen LogP contribution is 2.16. The molecule has 0 aliphatic carbocycles. The van der Waals surface area contributed by atoms with Gasteiger partial charge in [0.15, 0.2) is 0 Å². The largest absolute Gasteiger partial charge is 0.385 e. The predicted octanol–water partition coefficient (Wildman–Crippen LogP) is 1.49. The van der Waals surface area contributed by atoms with E-state index < -0.39 is 0 Å². The van der Waals surface area contributed by atoms with Gasteiger partial charge in [0, 0.05) is 31.6 Å². The van der Waals surface area contributed by atoms with Gasteiger partial charge in [-0.05, 0) is 19.4 Å². The molecule has 3 heteroatoms. The molecular formula is C8H16BrNO.